The third kappa shape index (κ3) is 4.86. The molecule has 4 aromatic rings. The molecule has 4 rings (SSSR count). The molecule has 0 unspecified atom stereocenters. The Labute approximate surface area is 205 Å². The van der Waals surface area contributed by atoms with Crippen molar-refractivity contribution in [3.63, 3.8) is 0 Å². The van der Waals surface area contributed by atoms with Gasteiger partial charge in [0.05, 0.1) is 6.61 Å². The molecular formula is C27H19ClN2O3S. The van der Waals surface area contributed by atoms with Crippen molar-refractivity contribution in [1.29, 1.82) is 5.26 Å². The molecule has 0 saturated carbocycles. The number of nitriles is 1. The number of rotatable bonds is 6. The lowest BCUT2D eigenvalue weighted by atomic mass is 10.0. The van der Waals surface area contributed by atoms with Crippen molar-refractivity contribution in [1.82, 2.24) is 0 Å². The first-order valence-electron chi connectivity index (χ1n) is 10.5. The van der Waals surface area contributed by atoms with Crippen molar-refractivity contribution in [3.8, 4) is 17.2 Å². The van der Waals surface area contributed by atoms with Gasteiger partial charge < -0.3 is 10.1 Å². The lowest BCUT2D eigenvalue weighted by Gasteiger charge is -2.09. The van der Waals surface area contributed by atoms with E-state index < -0.39 is 11.9 Å². The Balaban J connectivity index is 1.70. The van der Waals surface area contributed by atoms with Crippen molar-refractivity contribution in [3.05, 3.63) is 93.8 Å². The fourth-order valence-electron chi connectivity index (χ4n) is 3.55. The number of nitrogens with zero attached hydrogens (tertiary/aromatic N) is 1. The topological polar surface area (TPSA) is 79.2 Å². The summed E-state index contributed by atoms with van der Waals surface area (Å²) in [5.41, 5.74) is 2.30. The van der Waals surface area contributed by atoms with Gasteiger partial charge in [0.25, 0.3) is 5.91 Å². The molecule has 0 aliphatic carbocycles. The maximum Gasteiger partial charge on any atom is 0.341 e. The van der Waals surface area contributed by atoms with Gasteiger partial charge in [0, 0.05) is 16.0 Å². The summed E-state index contributed by atoms with van der Waals surface area (Å²) in [6, 6.07) is 22.4. The Hall–Kier alpha value is -3.92. The first kappa shape index (κ1) is 23.2. The molecule has 0 atom stereocenters. The van der Waals surface area contributed by atoms with E-state index in [1.54, 1.807) is 42.6 Å². The maximum absolute atomic E-state index is 13.0. The van der Waals surface area contributed by atoms with E-state index in [0.717, 1.165) is 21.9 Å². The number of esters is 1. The first-order valence-corrected chi connectivity index (χ1v) is 11.7. The summed E-state index contributed by atoms with van der Waals surface area (Å²) in [5, 5.41) is 17.0. The fourth-order valence-corrected chi connectivity index (χ4v) is 4.63. The lowest BCUT2D eigenvalue weighted by Crippen LogP contribution is -2.16. The Bertz CT molecular complexity index is 1440. The predicted molar refractivity (Wildman–Crippen MR) is 137 cm³/mol. The zero-order valence-corrected chi connectivity index (χ0v) is 19.7. The summed E-state index contributed by atoms with van der Waals surface area (Å²) in [7, 11) is 0. The molecule has 1 amide bonds. The number of benzene rings is 3. The van der Waals surface area contributed by atoms with Crippen LogP contribution >= 0.6 is 22.9 Å². The van der Waals surface area contributed by atoms with Crippen LogP contribution in [0.5, 0.6) is 0 Å². The minimum absolute atomic E-state index is 0.0763. The van der Waals surface area contributed by atoms with Crippen LogP contribution in [0.4, 0.5) is 5.00 Å². The highest BCUT2D eigenvalue weighted by atomic mass is 35.5. The van der Waals surface area contributed by atoms with Gasteiger partial charge >= 0.3 is 5.97 Å². The van der Waals surface area contributed by atoms with Gasteiger partial charge in [0.1, 0.15) is 22.2 Å². The third-order valence-corrected chi connectivity index (χ3v) is 6.29. The highest BCUT2D eigenvalue weighted by Gasteiger charge is 2.24. The smallest absolute Gasteiger partial charge is 0.341 e. The molecule has 3 aromatic carbocycles. The number of halogens is 1. The van der Waals surface area contributed by atoms with E-state index in [9.17, 15) is 14.9 Å². The van der Waals surface area contributed by atoms with E-state index in [-0.39, 0.29) is 17.7 Å². The average molecular weight is 487 g/mol. The molecule has 1 N–H and O–H groups in total. The summed E-state index contributed by atoms with van der Waals surface area (Å²) in [6.45, 7) is 1.90. The second-order valence-electron chi connectivity index (χ2n) is 7.27. The predicted octanol–water partition coefficient (Wildman–Crippen LogP) is 6.94. The van der Waals surface area contributed by atoms with E-state index in [4.69, 9.17) is 16.3 Å². The Morgan fingerprint density at radius 3 is 2.56 bits per heavy atom. The van der Waals surface area contributed by atoms with Gasteiger partial charge in [0.2, 0.25) is 0 Å². The number of fused-ring (bicyclic) bond motifs is 1. The minimum atomic E-state index is -0.606. The van der Waals surface area contributed by atoms with E-state index >= 15 is 0 Å². The highest BCUT2D eigenvalue weighted by Crippen LogP contribution is 2.37. The van der Waals surface area contributed by atoms with Gasteiger partial charge in [-0.1, -0.05) is 66.2 Å². The van der Waals surface area contributed by atoms with E-state index in [0.29, 0.717) is 15.6 Å². The molecule has 5 nitrogen and oxygen atoms in total. The molecule has 1 aromatic heterocycles. The van der Waals surface area contributed by atoms with Crippen LogP contribution in [0, 0.1) is 11.3 Å². The first-order chi connectivity index (χ1) is 16.5. The summed E-state index contributed by atoms with van der Waals surface area (Å²) < 4.78 is 5.24. The standard InChI is InChI=1S/C27H19ClN2O3S/c1-2-33-27(32)24-23(18-10-12-21(28)13-11-18)16-34-26(24)30-25(31)20(15-29)14-19-8-5-7-17-6-3-4-9-22(17)19/h3-14,16H,2H2,1H3,(H,30,31). The monoisotopic (exact) mass is 486 g/mol. The van der Waals surface area contributed by atoms with Crippen molar-refractivity contribution >= 4 is 56.7 Å². The Morgan fingerprint density at radius 2 is 1.82 bits per heavy atom. The van der Waals surface area contributed by atoms with E-state index in [1.807, 2.05) is 48.5 Å². The van der Waals surface area contributed by atoms with Gasteiger partial charge in [-0.15, -0.1) is 11.3 Å². The number of ether oxygens (including phenoxy) is 1. The number of carbonyl (C=O) groups is 2. The van der Waals surface area contributed by atoms with Crippen LogP contribution in [0.2, 0.25) is 5.02 Å². The van der Waals surface area contributed by atoms with Gasteiger partial charge in [0.15, 0.2) is 0 Å². The highest BCUT2D eigenvalue weighted by molar-refractivity contribution is 7.15. The number of amides is 1. The van der Waals surface area contributed by atoms with Gasteiger partial charge in [-0.2, -0.15) is 5.26 Å². The molecule has 0 aliphatic heterocycles. The van der Waals surface area contributed by atoms with Crippen LogP contribution in [0.25, 0.3) is 28.0 Å². The largest absolute Gasteiger partial charge is 0.462 e. The van der Waals surface area contributed by atoms with Crippen molar-refractivity contribution in [2.24, 2.45) is 0 Å². The number of hydrogen-bond acceptors (Lipinski definition) is 5. The Morgan fingerprint density at radius 1 is 1.09 bits per heavy atom. The summed E-state index contributed by atoms with van der Waals surface area (Å²) >= 11 is 7.19. The SMILES string of the molecule is CCOC(=O)c1c(-c2ccc(Cl)cc2)csc1NC(=O)C(C#N)=Cc1cccc2ccccc12. The molecule has 0 spiro atoms. The number of thiophene rings is 1. The second kappa shape index (κ2) is 10.3. The summed E-state index contributed by atoms with van der Waals surface area (Å²) in [5.74, 6) is -1.16. The van der Waals surface area contributed by atoms with E-state index in [2.05, 4.69) is 5.32 Å². The molecule has 1 heterocycles. The molecule has 7 heteroatoms. The van der Waals surface area contributed by atoms with Crippen molar-refractivity contribution < 1.29 is 14.3 Å². The molecule has 168 valence electrons. The Kier molecular flexibility index (Phi) is 7.07. The maximum atomic E-state index is 13.0. The van der Waals surface area contributed by atoms with Crippen LogP contribution in [0.1, 0.15) is 22.8 Å². The van der Waals surface area contributed by atoms with E-state index in [1.165, 1.54) is 11.3 Å². The zero-order valence-electron chi connectivity index (χ0n) is 18.2. The summed E-state index contributed by atoms with van der Waals surface area (Å²) in [6.07, 6.45) is 1.55. The van der Waals surface area contributed by atoms with Crippen LogP contribution in [-0.2, 0) is 9.53 Å². The van der Waals surface area contributed by atoms with Crippen molar-refractivity contribution in [2.75, 3.05) is 11.9 Å². The van der Waals surface area contributed by atoms with Gasteiger partial charge in [-0.3, -0.25) is 4.79 Å². The molecule has 0 aliphatic rings. The van der Waals surface area contributed by atoms with Crippen LogP contribution in [-0.4, -0.2) is 18.5 Å². The van der Waals surface area contributed by atoms with Gasteiger partial charge in [-0.05, 0) is 47.0 Å². The zero-order chi connectivity index (χ0) is 24.1. The van der Waals surface area contributed by atoms with Crippen LogP contribution in [0.3, 0.4) is 0 Å². The quantitative estimate of drug-likeness (QED) is 0.182. The minimum Gasteiger partial charge on any atom is -0.462 e. The summed E-state index contributed by atoms with van der Waals surface area (Å²) in [4.78, 5) is 25.8. The van der Waals surface area contributed by atoms with Crippen LogP contribution < -0.4 is 5.32 Å². The van der Waals surface area contributed by atoms with Crippen molar-refractivity contribution in [2.45, 2.75) is 6.92 Å². The normalized spacial score (nSPS) is 11.1. The number of anilines is 1. The lowest BCUT2D eigenvalue weighted by molar-refractivity contribution is -0.112. The average Bonchev–Trinajstić information content (AvgIpc) is 3.26. The molecule has 0 bridgehead atoms. The third-order valence-electron chi connectivity index (χ3n) is 5.14. The number of carbonyl (C=O) groups excluding carboxylic acids is 2. The second-order valence-corrected chi connectivity index (χ2v) is 8.59. The fraction of sp³-hybridized carbons (Fsp3) is 0.0741. The number of nitrogens with one attached hydrogen (secondary N) is 1. The van der Waals surface area contributed by atoms with Crippen LogP contribution in [0.15, 0.2) is 77.7 Å². The molecule has 0 radical (unpaired) electrons. The molecular weight excluding hydrogens is 468 g/mol. The molecule has 0 saturated heterocycles. The van der Waals surface area contributed by atoms with Gasteiger partial charge in [-0.25, -0.2) is 4.79 Å². The molecule has 34 heavy (non-hydrogen) atoms. The molecule has 0 fully saturated rings. The number of hydrogen-bond donors (Lipinski definition) is 1.